The highest BCUT2D eigenvalue weighted by molar-refractivity contribution is 6.42. The van der Waals surface area contributed by atoms with Gasteiger partial charge < -0.3 is 5.32 Å². The fourth-order valence-electron chi connectivity index (χ4n) is 1.19. The highest BCUT2D eigenvalue weighted by Gasteiger charge is 2.14. The van der Waals surface area contributed by atoms with E-state index in [1.807, 2.05) is 6.92 Å². The first kappa shape index (κ1) is 12.4. The van der Waals surface area contributed by atoms with Crippen LogP contribution in [-0.4, -0.2) is 18.2 Å². The summed E-state index contributed by atoms with van der Waals surface area (Å²) >= 11 is 0. The van der Waals surface area contributed by atoms with Gasteiger partial charge in [-0.3, -0.25) is 9.59 Å². The fraction of sp³-hybridized carbons (Fsp3) is 0.333. The molecule has 0 spiro atoms. The minimum atomic E-state index is -0.639. The Labute approximate surface area is 93.7 Å². The normalized spacial score (nSPS) is 9.88. The maximum Gasteiger partial charge on any atom is 0.292 e. The molecule has 0 saturated heterocycles. The predicted molar refractivity (Wildman–Crippen MR) is 58.6 cm³/mol. The lowest BCUT2D eigenvalue weighted by molar-refractivity contribution is -0.117. The van der Waals surface area contributed by atoms with Crippen LogP contribution in [0.5, 0.6) is 0 Å². The van der Waals surface area contributed by atoms with Gasteiger partial charge in [0.15, 0.2) is 0 Å². The molecule has 0 radical (unpaired) electrons. The Bertz CT molecular complexity index is 373. The van der Waals surface area contributed by atoms with E-state index in [0.717, 1.165) is 25.0 Å². The minimum Gasteiger partial charge on any atom is -0.349 e. The summed E-state index contributed by atoms with van der Waals surface area (Å²) in [6.07, 6.45) is 1.79. The number of hydrogen-bond acceptors (Lipinski definition) is 2. The SMILES string of the molecule is CCCCNC(=O)C(=O)c1ccc(F)cc1. The second-order valence-electron chi connectivity index (χ2n) is 3.45. The highest BCUT2D eigenvalue weighted by Crippen LogP contribution is 2.03. The van der Waals surface area contributed by atoms with Crippen LogP contribution in [0.15, 0.2) is 24.3 Å². The Morgan fingerprint density at radius 2 is 1.88 bits per heavy atom. The largest absolute Gasteiger partial charge is 0.349 e. The van der Waals surface area contributed by atoms with Crippen LogP contribution in [0.4, 0.5) is 4.39 Å². The first-order valence-electron chi connectivity index (χ1n) is 5.23. The summed E-state index contributed by atoms with van der Waals surface area (Å²) in [7, 11) is 0. The van der Waals surface area contributed by atoms with Gasteiger partial charge in [0.05, 0.1) is 0 Å². The first-order valence-corrected chi connectivity index (χ1v) is 5.23. The molecule has 0 atom stereocenters. The molecule has 1 amide bonds. The van der Waals surface area contributed by atoms with Crippen LogP contribution in [0.2, 0.25) is 0 Å². The molecule has 86 valence electrons. The predicted octanol–water partition coefficient (Wildman–Crippen LogP) is 1.92. The van der Waals surface area contributed by atoms with E-state index < -0.39 is 17.5 Å². The number of Topliss-reactive ketones (excluding diaryl/α,β-unsaturated/α-hetero) is 1. The van der Waals surface area contributed by atoms with Crippen molar-refractivity contribution in [3.05, 3.63) is 35.6 Å². The van der Waals surface area contributed by atoms with E-state index in [2.05, 4.69) is 5.32 Å². The van der Waals surface area contributed by atoms with Gasteiger partial charge in [-0.25, -0.2) is 4.39 Å². The zero-order valence-corrected chi connectivity index (χ0v) is 9.13. The third-order valence-corrected chi connectivity index (χ3v) is 2.13. The van der Waals surface area contributed by atoms with Crippen molar-refractivity contribution in [2.24, 2.45) is 0 Å². The van der Waals surface area contributed by atoms with Crippen molar-refractivity contribution in [2.45, 2.75) is 19.8 Å². The maximum atomic E-state index is 12.6. The van der Waals surface area contributed by atoms with Gasteiger partial charge in [-0.1, -0.05) is 13.3 Å². The molecule has 1 rings (SSSR count). The average Bonchev–Trinajstić information content (AvgIpc) is 2.29. The molecule has 16 heavy (non-hydrogen) atoms. The molecule has 1 aromatic carbocycles. The number of unbranched alkanes of at least 4 members (excludes halogenated alkanes) is 1. The lowest BCUT2D eigenvalue weighted by atomic mass is 10.1. The van der Waals surface area contributed by atoms with Gasteiger partial charge in [-0.2, -0.15) is 0 Å². The summed E-state index contributed by atoms with van der Waals surface area (Å²) in [5.74, 6) is -1.70. The van der Waals surface area contributed by atoms with E-state index in [4.69, 9.17) is 0 Å². The van der Waals surface area contributed by atoms with E-state index in [1.54, 1.807) is 0 Å². The highest BCUT2D eigenvalue weighted by atomic mass is 19.1. The van der Waals surface area contributed by atoms with Crippen molar-refractivity contribution in [1.82, 2.24) is 5.32 Å². The van der Waals surface area contributed by atoms with E-state index in [1.165, 1.54) is 12.1 Å². The Hall–Kier alpha value is -1.71. The van der Waals surface area contributed by atoms with Crippen molar-refractivity contribution < 1.29 is 14.0 Å². The molecule has 0 aliphatic rings. The summed E-state index contributed by atoms with van der Waals surface area (Å²) in [4.78, 5) is 22.9. The fourth-order valence-corrected chi connectivity index (χ4v) is 1.19. The smallest absolute Gasteiger partial charge is 0.292 e. The molecule has 4 heteroatoms. The standard InChI is InChI=1S/C12H14FNO2/c1-2-3-8-14-12(16)11(15)9-4-6-10(13)7-5-9/h4-7H,2-3,8H2,1H3,(H,14,16). The van der Waals surface area contributed by atoms with Gasteiger partial charge in [0, 0.05) is 12.1 Å². The summed E-state index contributed by atoms with van der Waals surface area (Å²) in [6, 6.07) is 4.92. The van der Waals surface area contributed by atoms with E-state index in [-0.39, 0.29) is 5.56 Å². The molecule has 0 bridgehead atoms. The van der Waals surface area contributed by atoms with Crippen LogP contribution in [-0.2, 0) is 4.79 Å². The molecule has 0 fully saturated rings. The van der Waals surface area contributed by atoms with Crippen LogP contribution in [0, 0.1) is 5.82 Å². The first-order chi connectivity index (χ1) is 7.65. The van der Waals surface area contributed by atoms with Crippen LogP contribution in [0.25, 0.3) is 0 Å². The number of nitrogens with one attached hydrogen (secondary N) is 1. The van der Waals surface area contributed by atoms with Crippen LogP contribution < -0.4 is 5.32 Å². The Morgan fingerprint density at radius 1 is 1.25 bits per heavy atom. The lowest BCUT2D eigenvalue weighted by Crippen LogP contribution is -2.31. The Kier molecular flexibility index (Phi) is 4.64. The van der Waals surface area contributed by atoms with Crippen molar-refractivity contribution in [2.75, 3.05) is 6.54 Å². The molecule has 0 heterocycles. The zero-order valence-electron chi connectivity index (χ0n) is 9.13. The third-order valence-electron chi connectivity index (χ3n) is 2.13. The summed E-state index contributed by atoms with van der Waals surface area (Å²) in [6.45, 7) is 2.48. The molecule has 0 unspecified atom stereocenters. The maximum absolute atomic E-state index is 12.6. The van der Waals surface area contributed by atoms with Gasteiger partial charge in [0.1, 0.15) is 5.82 Å². The quantitative estimate of drug-likeness (QED) is 0.471. The van der Waals surface area contributed by atoms with Crippen molar-refractivity contribution in [3.63, 3.8) is 0 Å². The van der Waals surface area contributed by atoms with Crippen LogP contribution >= 0.6 is 0 Å². The summed E-state index contributed by atoms with van der Waals surface area (Å²) in [5.41, 5.74) is 0.204. The van der Waals surface area contributed by atoms with E-state index in [0.29, 0.717) is 6.54 Å². The molecular formula is C12H14FNO2. The summed E-state index contributed by atoms with van der Waals surface area (Å²) < 4.78 is 12.6. The average molecular weight is 223 g/mol. The number of ketones is 1. The van der Waals surface area contributed by atoms with Gasteiger partial charge in [-0.05, 0) is 30.7 Å². The third kappa shape index (κ3) is 3.46. The molecule has 0 aliphatic heterocycles. The van der Waals surface area contributed by atoms with E-state index >= 15 is 0 Å². The monoisotopic (exact) mass is 223 g/mol. The molecule has 3 nitrogen and oxygen atoms in total. The summed E-state index contributed by atoms with van der Waals surface area (Å²) in [5, 5.41) is 2.51. The van der Waals surface area contributed by atoms with Gasteiger partial charge in [-0.15, -0.1) is 0 Å². The number of amides is 1. The number of carbonyl (C=O) groups excluding carboxylic acids is 2. The molecule has 1 aromatic rings. The topological polar surface area (TPSA) is 46.2 Å². The molecule has 0 saturated carbocycles. The number of benzene rings is 1. The second-order valence-corrected chi connectivity index (χ2v) is 3.45. The van der Waals surface area contributed by atoms with Crippen molar-refractivity contribution in [1.29, 1.82) is 0 Å². The second kappa shape index (κ2) is 6.00. The Morgan fingerprint density at radius 3 is 2.44 bits per heavy atom. The molecule has 1 N–H and O–H groups in total. The van der Waals surface area contributed by atoms with Gasteiger partial charge >= 0.3 is 0 Å². The lowest BCUT2D eigenvalue weighted by Gasteiger charge is -2.03. The van der Waals surface area contributed by atoms with Crippen molar-refractivity contribution >= 4 is 11.7 Å². The molecule has 0 aliphatic carbocycles. The number of carbonyl (C=O) groups is 2. The number of halogens is 1. The zero-order chi connectivity index (χ0) is 12.0. The number of rotatable bonds is 5. The van der Waals surface area contributed by atoms with Crippen LogP contribution in [0.1, 0.15) is 30.1 Å². The minimum absolute atomic E-state index is 0.204. The van der Waals surface area contributed by atoms with Crippen LogP contribution in [0.3, 0.4) is 0 Å². The molecule has 0 aromatic heterocycles. The van der Waals surface area contributed by atoms with Gasteiger partial charge in [0.25, 0.3) is 5.91 Å². The van der Waals surface area contributed by atoms with Gasteiger partial charge in [0.2, 0.25) is 5.78 Å². The Balaban J connectivity index is 2.57. The molecular weight excluding hydrogens is 209 g/mol. The van der Waals surface area contributed by atoms with E-state index in [9.17, 15) is 14.0 Å². The van der Waals surface area contributed by atoms with Crippen molar-refractivity contribution in [3.8, 4) is 0 Å². The number of hydrogen-bond donors (Lipinski definition) is 1.